The fourth-order valence-corrected chi connectivity index (χ4v) is 5.49. The molecule has 3 heterocycles. The van der Waals surface area contributed by atoms with Gasteiger partial charge in [-0.3, -0.25) is 0 Å². The normalized spacial score (nSPS) is 20.5. The molecule has 2 aliphatic rings. The number of carbonyl (C=O) groups is 2. The quantitative estimate of drug-likeness (QED) is 0.425. The Labute approximate surface area is 199 Å². The number of piperidine rings is 2. The molecule has 3 N–H and O–H groups in total. The molecule has 2 aliphatic heterocycles. The number of para-hydroxylation sites is 1. The van der Waals surface area contributed by atoms with Crippen molar-refractivity contribution < 1.29 is 14.3 Å². The molecule has 2 amide bonds. The highest BCUT2D eigenvalue weighted by Crippen LogP contribution is 2.38. The molecule has 0 spiro atoms. The zero-order valence-electron chi connectivity index (χ0n) is 19.6. The van der Waals surface area contributed by atoms with Gasteiger partial charge < -0.3 is 25.3 Å². The van der Waals surface area contributed by atoms with Gasteiger partial charge in [-0.1, -0.05) is 18.6 Å². The lowest BCUT2D eigenvalue weighted by atomic mass is 9.82. The van der Waals surface area contributed by atoms with E-state index in [0.29, 0.717) is 23.2 Å². The number of fused-ring (bicyclic) bond motifs is 2. The lowest BCUT2D eigenvalue weighted by Crippen LogP contribution is -2.44. The molecule has 2 unspecified atom stereocenters. The van der Waals surface area contributed by atoms with Crippen molar-refractivity contribution in [2.45, 2.75) is 51.0 Å². The summed E-state index contributed by atoms with van der Waals surface area (Å²) < 4.78 is 5.09. The summed E-state index contributed by atoms with van der Waals surface area (Å²) in [4.78, 5) is 31.0. The summed E-state index contributed by atoms with van der Waals surface area (Å²) in [6.07, 6.45) is 8.49. The van der Waals surface area contributed by atoms with Gasteiger partial charge in [0.25, 0.3) is 0 Å². The van der Waals surface area contributed by atoms with Crippen molar-refractivity contribution in [2.75, 3.05) is 30.3 Å². The Hall–Kier alpha value is -3.32. The lowest BCUT2D eigenvalue weighted by Gasteiger charge is -2.42. The minimum absolute atomic E-state index is 0.276. The van der Waals surface area contributed by atoms with Crippen LogP contribution < -0.4 is 10.6 Å². The number of carbonyl (C=O) groups excluding carboxylic acids is 2. The Morgan fingerprint density at radius 2 is 1.97 bits per heavy atom. The summed E-state index contributed by atoms with van der Waals surface area (Å²) in [6, 6.07) is 13.1. The largest absolute Gasteiger partial charge is 0.462 e. The molecular formula is C27H32N4O3. The van der Waals surface area contributed by atoms with E-state index in [2.05, 4.69) is 26.7 Å². The third kappa shape index (κ3) is 4.66. The van der Waals surface area contributed by atoms with Gasteiger partial charge in [0.2, 0.25) is 0 Å². The minimum Gasteiger partial charge on any atom is -0.462 e. The number of esters is 1. The maximum Gasteiger partial charge on any atom is 0.340 e. The number of hydrogen-bond donors (Lipinski definition) is 3. The Kier molecular flexibility index (Phi) is 6.54. The van der Waals surface area contributed by atoms with Crippen LogP contribution in [0.4, 0.5) is 16.2 Å². The monoisotopic (exact) mass is 460 g/mol. The second kappa shape index (κ2) is 9.89. The summed E-state index contributed by atoms with van der Waals surface area (Å²) in [7, 11) is 0. The number of hydrogen-bond acceptors (Lipinski definition) is 4. The zero-order chi connectivity index (χ0) is 23.5. The highest BCUT2D eigenvalue weighted by atomic mass is 16.5. The number of nitrogens with one attached hydrogen (secondary N) is 3. The summed E-state index contributed by atoms with van der Waals surface area (Å²) >= 11 is 0. The third-order valence-corrected chi connectivity index (χ3v) is 7.15. The number of ether oxygens (including phenoxy) is 1. The first-order valence-corrected chi connectivity index (χ1v) is 12.3. The summed E-state index contributed by atoms with van der Waals surface area (Å²) in [6.45, 7) is 4.44. The van der Waals surface area contributed by atoms with E-state index in [-0.39, 0.29) is 6.61 Å². The highest BCUT2D eigenvalue weighted by molar-refractivity contribution is 6.05. The minimum atomic E-state index is -0.458. The van der Waals surface area contributed by atoms with Crippen molar-refractivity contribution in [3.63, 3.8) is 0 Å². The topological polar surface area (TPSA) is 86.5 Å². The number of urea groups is 1. The smallest absolute Gasteiger partial charge is 0.340 e. The van der Waals surface area contributed by atoms with E-state index in [1.54, 1.807) is 31.2 Å². The molecule has 0 bridgehead atoms. The number of H-pyrrole nitrogens is 1. The molecule has 34 heavy (non-hydrogen) atoms. The van der Waals surface area contributed by atoms with Crippen LogP contribution in [0.2, 0.25) is 0 Å². The predicted octanol–water partition coefficient (Wildman–Crippen LogP) is 5.72. The SMILES string of the molecule is CCOC(=O)c1ccccc1NC(=O)Nc1ccc2[nH]cc(C3CCN4CCCCC4C3)c2c1. The van der Waals surface area contributed by atoms with Gasteiger partial charge >= 0.3 is 12.0 Å². The second-order valence-electron chi connectivity index (χ2n) is 9.26. The van der Waals surface area contributed by atoms with E-state index in [1.807, 2.05) is 18.2 Å². The van der Waals surface area contributed by atoms with Crippen LogP contribution >= 0.6 is 0 Å². The van der Waals surface area contributed by atoms with Crippen molar-refractivity contribution in [1.82, 2.24) is 9.88 Å². The van der Waals surface area contributed by atoms with Crippen LogP contribution in [0.1, 0.15) is 60.9 Å². The van der Waals surface area contributed by atoms with Crippen LogP contribution in [0.5, 0.6) is 0 Å². The van der Waals surface area contributed by atoms with Gasteiger partial charge in [-0.25, -0.2) is 9.59 Å². The number of nitrogens with zero attached hydrogens (tertiary/aromatic N) is 1. The molecular weight excluding hydrogens is 428 g/mol. The first kappa shape index (κ1) is 22.5. The molecule has 0 radical (unpaired) electrons. The number of aromatic amines is 1. The average molecular weight is 461 g/mol. The van der Waals surface area contributed by atoms with Crippen LogP contribution in [0.3, 0.4) is 0 Å². The van der Waals surface area contributed by atoms with Crippen LogP contribution in [-0.2, 0) is 4.74 Å². The van der Waals surface area contributed by atoms with E-state index in [0.717, 1.165) is 11.2 Å². The molecule has 2 fully saturated rings. The Morgan fingerprint density at radius 1 is 1.09 bits per heavy atom. The molecule has 7 nitrogen and oxygen atoms in total. The van der Waals surface area contributed by atoms with E-state index in [4.69, 9.17) is 4.74 Å². The first-order valence-electron chi connectivity index (χ1n) is 12.3. The maximum absolute atomic E-state index is 12.7. The first-order chi connectivity index (χ1) is 16.6. The van der Waals surface area contributed by atoms with Crippen molar-refractivity contribution in [1.29, 1.82) is 0 Å². The summed E-state index contributed by atoms with van der Waals surface area (Å²) in [5, 5.41) is 6.87. The number of aromatic nitrogens is 1. The number of benzene rings is 2. The molecule has 0 saturated carbocycles. The van der Waals surface area contributed by atoms with E-state index >= 15 is 0 Å². The van der Waals surface area contributed by atoms with E-state index in [9.17, 15) is 9.59 Å². The number of anilines is 2. The van der Waals surface area contributed by atoms with Gasteiger partial charge in [0.05, 0.1) is 17.9 Å². The maximum atomic E-state index is 12.7. The van der Waals surface area contributed by atoms with Gasteiger partial charge in [0.15, 0.2) is 0 Å². The zero-order valence-corrected chi connectivity index (χ0v) is 19.6. The lowest BCUT2D eigenvalue weighted by molar-refractivity contribution is 0.0527. The van der Waals surface area contributed by atoms with Gasteiger partial charge in [-0.15, -0.1) is 0 Å². The molecule has 3 aromatic rings. The van der Waals surface area contributed by atoms with Crippen LogP contribution in [-0.4, -0.2) is 47.6 Å². The van der Waals surface area contributed by atoms with Crippen LogP contribution in [0.25, 0.3) is 10.9 Å². The van der Waals surface area contributed by atoms with Gasteiger partial charge in [-0.05, 0) is 87.5 Å². The van der Waals surface area contributed by atoms with Gasteiger partial charge in [0.1, 0.15) is 0 Å². The van der Waals surface area contributed by atoms with Crippen molar-refractivity contribution in [2.24, 2.45) is 0 Å². The van der Waals surface area contributed by atoms with Crippen LogP contribution in [0, 0.1) is 0 Å². The average Bonchev–Trinajstić information content (AvgIpc) is 3.27. The number of rotatable bonds is 5. The highest BCUT2D eigenvalue weighted by Gasteiger charge is 2.31. The molecule has 5 rings (SSSR count). The second-order valence-corrected chi connectivity index (χ2v) is 9.26. The number of amides is 2. The molecule has 1 aromatic heterocycles. The van der Waals surface area contributed by atoms with Gasteiger partial charge in [-0.2, -0.15) is 0 Å². The van der Waals surface area contributed by atoms with Crippen molar-refractivity contribution in [3.05, 3.63) is 59.8 Å². The fourth-order valence-electron chi connectivity index (χ4n) is 5.49. The predicted molar refractivity (Wildman–Crippen MR) is 135 cm³/mol. The van der Waals surface area contributed by atoms with E-state index in [1.165, 1.54) is 56.1 Å². The van der Waals surface area contributed by atoms with Crippen molar-refractivity contribution >= 4 is 34.3 Å². The van der Waals surface area contributed by atoms with Gasteiger partial charge in [0, 0.05) is 28.8 Å². The summed E-state index contributed by atoms with van der Waals surface area (Å²) in [5.74, 6) is 0.0782. The summed E-state index contributed by atoms with van der Waals surface area (Å²) in [5.41, 5.74) is 3.89. The van der Waals surface area contributed by atoms with Crippen molar-refractivity contribution in [3.8, 4) is 0 Å². The Bertz CT molecular complexity index is 1190. The molecule has 2 aromatic carbocycles. The van der Waals surface area contributed by atoms with E-state index < -0.39 is 12.0 Å². The molecule has 7 heteroatoms. The molecule has 0 aliphatic carbocycles. The molecule has 2 atom stereocenters. The standard InChI is InChI=1S/C27H32N4O3/c1-2-34-26(32)21-8-3-4-9-25(21)30-27(33)29-19-10-11-24-22(16-19)23(17-28-24)18-12-14-31-13-6-5-7-20(31)15-18/h3-4,8-11,16-18,20,28H,2,5-7,12-15H2,1H3,(H2,29,30,33). The van der Waals surface area contributed by atoms with Crippen LogP contribution in [0.15, 0.2) is 48.7 Å². The molecule has 2 saturated heterocycles. The fraction of sp³-hybridized carbons (Fsp3) is 0.407. The Balaban J connectivity index is 1.31. The Morgan fingerprint density at radius 3 is 2.85 bits per heavy atom. The molecule has 178 valence electrons. The third-order valence-electron chi connectivity index (χ3n) is 7.15.